The zero-order valence-electron chi connectivity index (χ0n) is 4.65. The van der Waals surface area contributed by atoms with Crippen LogP contribution >= 0.6 is 0 Å². The van der Waals surface area contributed by atoms with Crippen molar-refractivity contribution in [1.82, 2.24) is 0 Å². The van der Waals surface area contributed by atoms with Gasteiger partial charge in [-0.25, -0.2) is 0 Å². The van der Waals surface area contributed by atoms with Crippen LogP contribution in [0, 0.1) is 17.8 Å². The van der Waals surface area contributed by atoms with Gasteiger partial charge in [0.2, 0.25) is 0 Å². The van der Waals surface area contributed by atoms with Crippen LogP contribution < -0.4 is 0 Å². The molecular formula is C6H10N. The normalized spacial score (nSPS) is 8.00. The SMILES string of the molecule is CC[CH]CCC#N. The number of hydrogen-bond acceptors (Lipinski definition) is 1. The summed E-state index contributed by atoms with van der Waals surface area (Å²) in [6.45, 7) is 2.08. The van der Waals surface area contributed by atoms with Crippen molar-refractivity contribution < 1.29 is 0 Å². The van der Waals surface area contributed by atoms with E-state index in [0.29, 0.717) is 6.42 Å². The largest absolute Gasteiger partial charge is 0.198 e. The molecule has 0 N–H and O–H groups in total. The predicted molar refractivity (Wildman–Crippen MR) is 29.4 cm³/mol. The summed E-state index contributed by atoms with van der Waals surface area (Å²) in [4.78, 5) is 0. The second-order valence-corrected chi connectivity index (χ2v) is 1.39. The summed E-state index contributed by atoms with van der Waals surface area (Å²) in [5.41, 5.74) is 0. The van der Waals surface area contributed by atoms with Gasteiger partial charge in [0.15, 0.2) is 0 Å². The molecule has 0 rings (SSSR count). The van der Waals surface area contributed by atoms with E-state index in [9.17, 15) is 0 Å². The van der Waals surface area contributed by atoms with Crippen molar-refractivity contribution in [2.24, 2.45) is 0 Å². The van der Waals surface area contributed by atoms with Gasteiger partial charge in [-0.1, -0.05) is 13.3 Å². The Morgan fingerprint density at radius 2 is 2.43 bits per heavy atom. The molecule has 0 aromatic carbocycles. The van der Waals surface area contributed by atoms with Crippen LogP contribution in [0.4, 0.5) is 0 Å². The van der Waals surface area contributed by atoms with Crippen LogP contribution in [0.3, 0.4) is 0 Å². The number of unbranched alkanes of at least 4 members (excludes halogenated alkanes) is 3. The third kappa shape index (κ3) is 5.49. The minimum Gasteiger partial charge on any atom is -0.198 e. The van der Waals surface area contributed by atoms with Crippen molar-refractivity contribution in [1.29, 1.82) is 5.26 Å². The molecule has 0 atom stereocenters. The topological polar surface area (TPSA) is 23.8 Å². The first-order chi connectivity index (χ1) is 3.41. The van der Waals surface area contributed by atoms with E-state index in [1.807, 2.05) is 0 Å². The van der Waals surface area contributed by atoms with Gasteiger partial charge in [-0.3, -0.25) is 0 Å². The van der Waals surface area contributed by atoms with E-state index in [1.54, 1.807) is 0 Å². The van der Waals surface area contributed by atoms with Crippen LogP contribution in [0.25, 0.3) is 0 Å². The Labute approximate surface area is 45.0 Å². The molecule has 1 nitrogen and oxygen atoms in total. The van der Waals surface area contributed by atoms with Crippen molar-refractivity contribution in [3.63, 3.8) is 0 Å². The lowest BCUT2D eigenvalue weighted by molar-refractivity contribution is 0.908. The molecule has 39 valence electrons. The maximum atomic E-state index is 8.02. The van der Waals surface area contributed by atoms with Crippen molar-refractivity contribution in [2.75, 3.05) is 0 Å². The van der Waals surface area contributed by atoms with Gasteiger partial charge in [-0.05, 0) is 12.8 Å². The fourth-order valence-corrected chi connectivity index (χ4v) is 0.371. The number of nitriles is 1. The Morgan fingerprint density at radius 1 is 1.71 bits per heavy atom. The maximum absolute atomic E-state index is 8.02. The Kier molecular flexibility index (Phi) is 5.09. The summed E-state index contributed by atoms with van der Waals surface area (Å²) >= 11 is 0. The van der Waals surface area contributed by atoms with Crippen molar-refractivity contribution in [3.8, 4) is 6.07 Å². The molecule has 0 heterocycles. The molecule has 0 spiro atoms. The van der Waals surface area contributed by atoms with Gasteiger partial charge in [0.05, 0.1) is 6.07 Å². The highest BCUT2D eigenvalue weighted by atomic mass is 14.2. The second kappa shape index (κ2) is 5.49. The number of hydrogen-bond donors (Lipinski definition) is 0. The standard InChI is InChI=1S/C6H10N/c1-2-3-4-5-6-7/h3H,2,4-5H2,1H3. The fraction of sp³-hybridized carbons (Fsp3) is 0.667. The first kappa shape index (κ1) is 6.49. The van der Waals surface area contributed by atoms with Crippen LogP contribution in [0.15, 0.2) is 0 Å². The monoisotopic (exact) mass is 96.1 g/mol. The highest BCUT2D eigenvalue weighted by molar-refractivity contribution is 4.74. The van der Waals surface area contributed by atoms with Gasteiger partial charge in [0.1, 0.15) is 0 Å². The van der Waals surface area contributed by atoms with Gasteiger partial charge < -0.3 is 0 Å². The summed E-state index contributed by atoms with van der Waals surface area (Å²) in [6, 6.07) is 2.07. The van der Waals surface area contributed by atoms with E-state index in [4.69, 9.17) is 5.26 Å². The zero-order chi connectivity index (χ0) is 5.54. The van der Waals surface area contributed by atoms with Gasteiger partial charge in [-0.15, -0.1) is 0 Å². The smallest absolute Gasteiger partial charge is 0.0621 e. The lowest BCUT2D eigenvalue weighted by atomic mass is 10.2. The maximum Gasteiger partial charge on any atom is 0.0621 e. The van der Waals surface area contributed by atoms with Gasteiger partial charge >= 0.3 is 0 Å². The van der Waals surface area contributed by atoms with Crippen LogP contribution in [0.2, 0.25) is 0 Å². The molecule has 0 aliphatic rings. The molecule has 0 aromatic rings. The highest BCUT2D eigenvalue weighted by Crippen LogP contribution is 1.93. The van der Waals surface area contributed by atoms with Crippen molar-refractivity contribution >= 4 is 0 Å². The molecule has 0 aromatic heterocycles. The van der Waals surface area contributed by atoms with Gasteiger partial charge in [0.25, 0.3) is 0 Å². The summed E-state index contributed by atoms with van der Waals surface area (Å²) < 4.78 is 0. The Bertz CT molecular complexity index is 61.1. The Balaban J connectivity index is 2.60. The van der Waals surface area contributed by atoms with E-state index < -0.39 is 0 Å². The first-order valence-electron chi connectivity index (χ1n) is 2.60. The molecule has 0 unspecified atom stereocenters. The molecule has 0 aliphatic heterocycles. The molecule has 0 fully saturated rings. The molecule has 0 saturated heterocycles. The summed E-state index contributed by atoms with van der Waals surface area (Å²) in [5.74, 6) is 0. The van der Waals surface area contributed by atoms with Crippen molar-refractivity contribution in [2.45, 2.75) is 26.2 Å². The van der Waals surface area contributed by atoms with Crippen molar-refractivity contribution in [3.05, 3.63) is 6.42 Å². The van der Waals surface area contributed by atoms with Crippen LogP contribution in [0.5, 0.6) is 0 Å². The van der Waals surface area contributed by atoms with Gasteiger partial charge in [-0.2, -0.15) is 5.26 Å². The summed E-state index contributed by atoms with van der Waals surface area (Å²) in [6.07, 6.45) is 4.83. The number of rotatable bonds is 3. The lowest BCUT2D eigenvalue weighted by Crippen LogP contribution is -1.70. The number of nitrogens with zero attached hydrogens (tertiary/aromatic N) is 1. The second-order valence-electron chi connectivity index (χ2n) is 1.39. The molecule has 0 amide bonds. The summed E-state index contributed by atoms with van der Waals surface area (Å²) in [7, 11) is 0. The van der Waals surface area contributed by atoms with E-state index in [2.05, 4.69) is 19.4 Å². The molecule has 0 bridgehead atoms. The molecule has 1 heteroatoms. The Morgan fingerprint density at radius 3 is 2.86 bits per heavy atom. The Hall–Kier alpha value is -0.510. The van der Waals surface area contributed by atoms with Gasteiger partial charge in [0, 0.05) is 6.42 Å². The van der Waals surface area contributed by atoms with E-state index in [0.717, 1.165) is 12.8 Å². The third-order valence-corrected chi connectivity index (χ3v) is 0.749. The molecule has 7 heavy (non-hydrogen) atoms. The molecular weight excluding hydrogens is 86.1 g/mol. The molecule has 0 aliphatic carbocycles. The molecule has 1 radical (unpaired) electrons. The van der Waals surface area contributed by atoms with E-state index in [-0.39, 0.29) is 0 Å². The van der Waals surface area contributed by atoms with Crippen LogP contribution in [-0.4, -0.2) is 0 Å². The highest BCUT2D eigenvalue weighted by Gasteiger charge is 1.80. The van der Waals surface area contributed by atoms with E-state index in [1.165, 1.54) is 0 Å². The molecule has 0 saturated carbocycles. The fourth-order valence-electron chi connectivity index (χ4n) is 0.371. The minimum absolute atomic E-state index is 0.674. The summed E-state index contributed by atoms with van der Waals surface area (Å²) in [5, 5.41) is 8.02. The lowest BCUT2D eigenvalue weighted by Gasteiger charge is -1.84. The first-order valence-corrected chi connectivity index (χ1v) is 2.60. The average Bonchev–Trinajstić information content (AvgIpc) is 1.69. The van der Waals surface area contributed by atoms with E-state index >= 15 is 0 Å². The predicted octanol–water partition coefficient (Wildman–Crippen LogP) is 1.90. The average molecular weight is 96.2 g/mol. The zero-order valence-corrected chi connectivity index (χ0v) is 4.65. The van der Waals surface area contributed by atoms with Crippen LogP contribution in [-0.2, 0) is 0 Å². The van der Waals surface area contributed by atoms with Crippen LogP contribution in [0.1, 0.15) is 26.2 Å². The third-order valence-electron chi connectivity index (χ3n) is 0.749. The quantitative estimate of drug-likeness (QED) is 0.492. The minimum atomic E-state index is 0.674.